The van der Waals surface area contributed by atoms with Gasteiger partial charge in [0, 0.05) is 13.5 Å². The first-order valence-electron chi connectivity index (χ1n) is 2.15. The first kappa shape index (κ1) is 6.52. The number of rotatable bonds is 1. The highest BCUT2D eigenvalue weighted by molar-refractivity contribution is 4.99. The van der Waals surface area contributed by atoms with E-state index in [2.05, 4.69) is 23.5 Å². The van der Waals surface area contributed by atoms with Gasteiger partial charge in [0.05, 0.1) is 0 Å². The van der Waals surface area contributed by atoms with Crippen molar-refractivity contribution in [3.8, 4) is 11.8 Å². The summed E-state index contributed by atoms with van der Waals surface area (Å²) in [6, 6.07) is 0. The maximum Gasteiger partial charge on any atom is 0.107 e. The molecule has 1 nitrogen and oxygen atoms in total. The molecule has 0 fully saturated rings. The Bertz CT molecular complexity index is 75.9. The minimum absolute atomic E-state index is 0.523. The normalized spacial score (nSPS) is 7.14. The molecule has 0 aliphatic carbocycles. The van der Waals surface area contributed by atoms with Crippen molar-refractivity contribution in [3.05, 3.63) is 6.92 Å². The van der Waals surface area contributed by atoms with E-state index >= 15 is 0 Å². The lowest BCUT2D eigenvalue weighted by Crippen LogP contribution is -1.79. The van der Waals surface area contributed by atoms with E-state index < -0.39 is 0 Å². The van der Waals surface area contributed by atoms with Gasteiger partial charge >= 0.3 is 0 Å². The maximum absolute atomic E-state index is 4.64. The van der Waals surface area contributed by atoms with Crippen molar-refractivity contribution in [2.75, 3.05) is 13.7 Å². The predicted molar refractivity (Wildman–Crippen MR) is 29.6 cm³/mol. The van der Waals surface area contributed by atoms with Crippen LogP contribution < -0.4 is 0 Å². The Morgan fingerprint density at radius 2 is 2.29 bits per heavy atom. The van der Waals surface area contributed by atoms with Crippen molar-refractivity contribution in [3.63, 3.8) is 0 Å². The van der Waals surface area contributed by atoms with Gasteiger partial charge in [0.25, 0.3) is 0 Å². The molecule has 0 atom stereocenters. The Morgan fingerprint density at radius 1 is 1.57 bits per heavy atom. The molecule has 0 amide bonds. The van der Waals surface area contributed by atoms with Crippen LogP contribution in [0.4, 0.5) is 0 Å². The monoisotopic (exact) mass is 97.1 g/mol. The SMILES string of the molecule is [CH2]CC#CCOC. The summed E-state index contributed by atoms with van der Waals surface area (Å²) >= 11 is 0. The third-order valence-electron chi connectivity index (χ3n) is 0.467. The summed E-state index contributed by atoms with van der Waals surface area (Å²) in [5.41, 5.74) is 0. The van der Waals surface area contributed by atoms with Crippen molar-refractivity contribution in [2.45, 2.75) is 6.42 Å². The highest BCUT2D eigenvalue weighted by Crippen LogP contribution is 1.66. The van der Waals surface area contributed by atoms with Crippen LogP contribution in [0.5, 0.6) is 0 Å². The summed E-state index contributed by atoms with van der Waals surface area (Å²) in [7, 11) is 1.62. The van der Waals surface area contributed by atoms with Crippen LogP contribution in [0.1, 0.15) is 6.42 Å². The summed E-state index contributed by atoms with van der Waals surface area (Å²) in [5.74, 6) is 5.51. The fourth-order valence-electron chi connectivity index (χ4n) is 0.212. The molecule has 0 aromatic rings. The second-order valence-electron chi connectivity index (χ2n) is 1.04. The molecule has 0 aliphatic rings. The van der Waals surface area contributed by atoms with E-state index in [-0.39, 0.29) is 0 Å². The summed E-state index contributed by atoms with van der Waals surface area (Å²) in [5, 5.41) is 0. The summed E-state index contributed by atoms with van der Waals surface area (Å²) in [6.45, 7) is 4.05. The average Bonchev–Trinajstić information content (AvgIpc) is 1.69. The molecule has 1 heteroatoms. The largest absolute Gasteiger partial charge is 0.372 e. The molecule has 0 N–H and O–H groups in total. The average molecular weight is 97.1 g/mol. The molecule has 0 saturated carbocycles. The van der Waals surface area contributed by atoms with E-state index in [1.54, 1.807) is 7.11 Å². The summed E-state index contributed by atoms with van der Waals surface area (Å²) < 4.78 is 4.64. The predicted octanol–water partition coefficient (Wildman–Crippen LogP) is 0.860. The first-order chi connectivity index (χ1) is 3.41. The van der Waals surface area contributed by atoms with Gasteiger partial charge in [-0.25, -0.2) is 0 Å². The van der Waals surface area contributed by atoms with E-state index in [1.807, 2.05) is 0 Å². The standard InChI is InChI=1S/C6H9O/c1-3-4-5-6-7-2/h1,3,6H2,2H3. The molecule has 7 heavy (non-hydrogen) atoms. The quantitative estimate of drug-likeness (QED) is 0.441. The zero-order valence-electron chi connectivity index (χ0n) is 4.53. The van der Waals surface area contributed by atoms with Gasteiger partial charge in [0.2, 0.25) is 0 Å². The lowest BCUT2D eigenvalue weighted by molar-refractivity contribution is 0.239. The second-order valence-corrected chi connectivity index (χ2v) is 1.04. The van der Waals surface area contributed by atoms with Crippen molar-refractivity contribution in [1.29, 1.82) is 0 Å². The molecule has 1 radical (unpaired) electrons. The van der Waals surface area contributed by atoms with E-state index in [0.29, 0.717) is 13.0 Å². The van der Waals surface area contributed by atoms with Crippen LogP contribution in [0.15, 0.2) is 0 Å². The smallest absolute Gasteiger partial charge is 0.107 e. The van der Waals surface area contributed by atoms with Crippen molar-refractivity contribution in [2.24, 2.45) is 0 Å². The zero-order valence-corrected chi connectivity index (χ0v) is 4.53. The summed E-state index contributed by atoms with van der Waals surface area (Å²) in [4.78, 5) is 0. The first-order valence-corrected chi connectivity index (χ1v) is 2.15. The van der Waals surface area contributed by atoms with Gasteiger partial charge < -0.3 is 4.74 Å². The topological polar surface area (TPSA) is 9.23 Å². The Balaban J connectivity index is 2.91. The Morgan fingerprint density at radius 3 is 2.71 bits per heavy atom. The Kier molecular flexibility index (Phi) is 5.14. The molecule has 0 spiro atoms. The molecule has 0 saturated heterocycles. The number of methoxy groups -OCH3 is 1. The van der Waals surface area contributed by atoms with Gasteiger partial charge in [-0.05, 0) is 6.92 Å². The molecule has 0 rings (SSSR count). The Hall–Kier alpha value is -0.480. The molecule has 0 unspecified atom stereocenters. The van der Waals surface area contributed by atoms with Crippen molar-refractivity contribution >= 4 is 0 Å². The van der Waals surface area contributed by atoms with Crippen molar-refractivity contribution in [1.82, 2.24) is 0 Å². The number of ether oxygens (including phenoxy) is 1. The molecule has 0 aromatic heterocycles. The third-order valence-corrected chi connectivity index (χ3v) is 0.467. The molecule has 0 aliphatic heterocycles. The zero-order chi connectivity index (χ0) is 5.54. The highest BCUT2D eigenvalue weighted by atomic mass is 16.5. The molecule has 0 aromatic carbocycles. The highest BCUT2D eigenvalue weighted by Gasteiger charge is 1.63. The Labute approximate surface area is 44.7 Å². The van der Waals surface area contributed by atoms with Gasteiger partial charge in [-0.3, -0.25) is 0 Å². The maximum atomic E-state index is 4.64. The second kappa shape index (κ2) is 5.52. The van der Waals surface area contributed by atoms with Crippen LogP contribution in [-0.4, -0.2) is 13.7 Å². The van der Waals surface area contributed by atoms with Gasteiger partial charge in [-0.1, -0.05) is 5.92 Å². The lowest BCUT2D eigenvalue weighted by Gasteiger charge is -1.79. The lowest BCUT2D eigenvalue weighted by atomic mass is 10.5. The minimum atomic E-state index is 0.523. The van der Waals surface area contributed by atoms with E-state index in [4.69, 9.17) is 0 Å². The van der Waals surface area contributed by atoms with Gasteiger partial charge in [-0.15, -0.1) is 5.92 Å². The third kappa shape index (κ3) is 5.52. The number of hydrogen-bond donors (Lipinski definition) is 0. The van der Waals surface area contributed by atoms with Crippen LogP contribution >= 0.6 is 0 Å². The van der Waals surface area contributed by atoms with E-state index in [9.17, 15) is 0 Å². The molecular formula is C6H9O. The van der Waals surface area contributed by atoms with Gasteiger partial charge in [0.1, 0.15) is 6.61 Å². The fraction of sp³-hybridized carbons (Fsp3) is 0.500. The van der Waals surface area contributed by atoms with Gasteiger partial charge in [-0.2, -0.15) is 0 Å². The minimum Gasteiger partial charge on any atom is -0.372 e. The van der Waals surface area contributed by atoms with Crippen LogP contribution in [0, 0.1) is 18.8 Å². The molecule has 39 valence electrons. The molecule has 0 heterocycles. The van der Waals surface area contributed by atoms with Crippen LogP contribution in [0.2, 0.25) is 0 Å². The van der Waals surface area contributed by atoms with E-state index in [0.717, 1.165) is 0 Å². The van der Waals surface area contributed by atoms with Crippen LogP contribution in [0.25, 0.3) is 0 Å². The molecule has 0 bridgehead atoms. The molecular weight excluding hydrogens is 88.1 g/mol. The van der Waals surface area contributed by atoms with Crippen LogP contribution in [-0.2, 0) is 4.74 Å². The van der Waals surface area contributed by atoms with Crippen LogP contribution in [0.3, 0.4) is 0 Å². The van der Waals surface area contributed by atoms with Crippen molar-refractivity contribution < 1.29 is 4.74 Å². The van der Waals surface area contributed by atoms with Gasteiger partial charge in [0.15, 0.2) is 0 Å². The van der Waals surface area contributed by atoms with E-state index in [1.165, 1.54) is 0 Å². The number of hydrogen-bond acceptors (Lipinski definition) is 1. The summed E-state index contributed by atoms with van der Waals surface area (Å²) in [6.07, 6.45) is 0.670. The fourth-order valence-corrected chi connectivity index (χ4v) is 0.212.